The van der Waals surface area contributed by atoms with E-state index in [9.17, 15) is 0 Å². The van der Waals surface area contributed by atoms with E-state index in [1.807, 2.05) is 0 Å². The molecule has 68 valence electrons. The fourth-order valence-corrected chi connectivity index (χ4v) is 0. The molecule has 0 rings (SSSR count). The summed E-state index contributed by atoms with van der Waals surface area (Å²) >= 11 is -10.5. The van der Waals surface area contributed by atoms with Crippen LogP contribution in [-0.4, -0.2) is 103 Å². The first-order valence-electron chi connectivity index (χ1n) is 1.40. The molecule has 0 aliphatic rings. The molecule has 0 saturated heterocycles. The quantitative estimate of drug-likeness (QED) is 0.322. The van der Waals surface area contributed by atoms with Gasteiger partial charge in [0.1, 0.15) is 0 Å². The van der Waals surface area contributed by atoms with Crippen molar-refractivity contribution < 1.29 is 32.1 Å². The van der Waals surface area contributed by atoms with Crippen molar-refractivity contribution in [1.29, 1.82) is 0 Å². The van der Waals surface area contributed by atoms with Gasteiger partial charge < -0.3 is 0 Å². The third-order valence-corrected chi connectivity index (χ3v) is 0. The van der Waals surface area contributed by atoms with Crippen LogP contribution in [0.2, 0.25) is 0 Å². The molecule has 0 bridgehead atoms. The average molecular weight is 338 g/mol. The van der Waals surface area contributed by atoms with Gasteiger partial charge in [-0.25, -0.2) is 0 Å². The molecule has 8 nitrogen and oxygen atoms in total. The molecule has 0 heterocycles. The van der Waals surface area contributed by atoms with Gasteiger partial charge in [0.25, 0.3) is 0 Å². The van der Waals surface area contributed by atoms with Gasteiger partial charge in [0, 0.05) is 0 Å². The van der Waals surface area contributed by atoms with Crippen molar-refractivity contribution in [2.24, 2.45) is 0 Å². The third kappa shape index (κ3) is 343. The second-order valence-corrected chi connectivity index (χ2v) is 4.65. The molecule has 0 aliphatic carbocycles. The van der Waals surface area contributed by atoms with Crippen molar-refractivity contribution >= 4 is 85.9 Å². The Bertz CT molecular complexity index is 211. The Morgan fingerprint density at radius 2 is 0.583 bits per heavy atom. The van der Waals surface area contributed by atoms with Crippen LogP contribution in [-0.2, 0) is 15.3 Å². The van der Waals surface area contributed by atoms with Crippen LogP contribution in [0.3, 0.4) is 0 Å². The van der Waals surface area contributed by atoms with Gasteiger partial charge in [-0.05, 0) is 0 Å². The van der Waals surface area contributed by atoms with E-state index in [1.54, 1.807) is 0 Å². The second kappa shape index (κ2) is 9.63. The standard InChI is InChI=1S/2Na.2H2O4Se.2H/c;;2*1-5(2,3)4;;/h;;2*(H2,1,2,3,4);;. The first kappa shape index (κ1) is 23.7. The Labute approximate surface area is 116 Å². The van der Waals surface area contributed by atoms with E-state index in [1.165, 1.54) is 0 Å². The molecule has 12 heavy (non-hydrogen) atoms. The topological polar surface area (TPSA) is 149 Å². The molecular weight excluding hydrogens is 332 g/mol. The number of hydrogen-bond donors (Lipinski definition) is 4. The molecule has 0 aromatic heterocycles. The first-order chi connectivity index (χ1) is 4.00. The van der Waals surface area contributed by atoms with Crippen molar-refractivity contribution in [3.8, 4) is 0 Å². The van der Waals surface area contributed by atoms with Crippen molar-refractivity contribution in [2.45, 2.75) is 0 Å². The first-order valence-corrected chi connectivity index (χ1v) is 7.26. The van der Waals surface area contributed by atoms with Gasteiger partial charge in [-0.3, -0.25) is 0 Å². The average Bonchev–Trinajstić information content (AvgIpc) is 1.12. The number of rotatable bonds is 0. The summed E-state index contributed by atoms with van der Waals surface area (Å²) in [5.74, 6) is 0. The Morgan fingerprint density at radius 3 is 0.583 bits per heavy atom. The van der Waals surface area contributed by atoms with E-state index < -0.39 is 26.7 Å². The molecule has 0 aliphatic heterocycles. The summed E-state index contributed by atoms with van der Waals surface area (Å²) in [6, 6.07) is 0. The summed E-state index contributed by atoms with van der Waals surface area (Å²) in [4.78, 5) is 0. The monoisotopic (exact) mass is 340 g/mol. The third-order valence-electron chi connectivity index (χ3n) is 0. The molecule has 0 saturated carbocycles. The van der Waals surface area contributed by atoms with Crippen LogP contribution < -0.4 is 0 Å². The molecular formula is H6Na2O8Se2. The summed E-state index contributed by atoms with van der Waals surface area (Å²) in [5.41, 5.74) is 0. The maximum atomic E-state index is 8.82. The van der Waals surface area contributed by atoms with Crippen molar-refractivity contribution in [3.63, 3.8) is 0 Å². The summed E-state index contributed by atoms with van der Waals surface area (Å²) in [7, 11) is 0. The van der Waals surface area contributed by atoms with Crippen molar-refractivity contribution in [1.82, 2.24) is 0 Å². The summed E-state index contributed by atoms with van der Waals surface area (Å²) < 4.78 is 63.8. The predicted molar refractivity (Wildman–Crippen MR) is 37.4 cm³/mol. The van der Waals surface area contributed by atoms with Crippen molar-refractivity contribution in [3.05, 3.63) is 0 Å². The second-order valence-electron chi connectivity index (χ2n) is 0.896. The SMILES string of the molecule is O=[Se](=O)(O)O.O=[Se](=O)(O)O.[NaH].[NaH]. The summed E-state index contributed by atoms with van der Waals surface area (Å²) in [6.07, 6.45) is 0. The minimum absolute atomic E-state index is 0. The fourth-order valence-electron chi connectivity index (χ4n) is 0. The zero-order chi connectivity index (χ0) is 9.00. The molecule has 0 fully saturated rings. The zero-order valence-electron chi connectivity index (χ0n) is 4.24. The van der Waals surface area contributed by atoms with Crippen LogP contribution >= 0.6 is 0 Å². The van der Waals surface area contributed by atoms with Gasteiger partial charge in [0.2, 0.25) is 0 Å². The Hall–Kier alpha value is 2.08. The van der Waals surface area contributed by atoms with Crippen LogP contribution in [0.15, 0.2) is 0 Å². The maximum absolute atomic E-state index is 8.82. The Kier molecular flexibility index (Phi) is 19.0. The van der Waals surface area contributed by atoms with E-state index in [-0.39, 0.29) is 59.1 Å². The minimum atomic E-state index is -5.25. The van der Waals surface area contributed by atoms with E-state index >= 15 is 0 Å². The van der Waals surface area contributed by atoms with Crippen molar-refractivity contribution in [2.75, 3.05) is 0 Å². The molecule has 4 N–H and O–H groups in total. The molecule has 0 atom stereocenters. The molecule has 0 aromatic rings. The van der Waals surface area contributed by atoms with Gasteiger partial charge in [-0.2, -0.15) is 0 Å². The van der Waals surface area contributed by atoms with Crippen LogP contribution in [0.25, 0.3) is 0 Å². The molecule has 0 radical (unpaired) electrons. The van der Waals surface area contributed by atoms with E-state index in [0.29, 0.717) is 0 Å². The van der Waals surface area contributed by atoms with E-state index in [2.05, 4.69) is 0 Å². The van der Waals surface area contributed by atoms with Gasteiger partial charge in [-0.1, -0.05) is 0 Å². The fraction of sp³-hybridized carbons (Fsp3) is 0. The van der Waals surface area contributed by atoms with Gasteiger partial charge in [-0.15, -0.1) is 0 Å². The molecule has 12 heteroatoms. The van der Waals surface area contributed by atoms with E-state index in [4.69, 9.17) is 32.1 Å². The van der Waals surface area contributed by atoms with Crippen LogP contribution in [0.1, 0.15) is 0 Å². The predicted octanol–water partition coefficient (Wildman–Crippen LogP) is -4.76. The summed E-state index contributed by atoms with van der Waals surface area (Å²) in [6.45, 7) is 0. The Morgan fingerprint density at radius 1 is 0.583 bits per heavy atom. The van der Waals surface area contributed by atoms with Gasteiger partial charge in [0.15, 0.2) is 0 Å². The van der Waals surface area contributed by atoms with E-state index in [0.717, 1.165) is 0 Å². The van der Waals surface area contributed by atoms with Gasteiger partial charge in [0.05, 0.1) is 0 Å². The molecule has 0 amide bonds. The number of hydrogen-bond acceptors (Lipinski definition) is 4. The molecule has 0 spiro atoms. The Balaban J connectivity index is -0.0000000457. The molecule has 0 aromatic carbocycles. The zero-order valence-corrected chi connectivity index (χ0v) is 7.66. The normalized spacial score (nSPS) is 9.67. The molecule has 0 unspecified atom stereocenters. The summed E-state index contributed by atoms with van der Waals surface area (Å²) in [5, 5.41) is 0. The van der Waals surface area contributed by atoms with Crippen LogP contribution in [0.4, 0.5) is 0 Å². The van der Waals surface area contributed by atoms with Gasteiger partial charge >= 0.3 is 118 Å². The van der Waals surface area contributed by atoms with Crippen LogP contribution in [0.5, 0.6) is 0 Å². The van der Waals surface area contributed by atoms with Crippen LogP contribution in [0, 0.1) is 0 Å².